The van der Waals surface area contributed by atoms with Crippen molar-refractivity contribution in [3.63, 3.8) is 0 Å². The monoisotopic (exact) mass is 248 g/mol. The van der Waals surface area contributed by atoms with Gasteiger partial charge in [-0.15, -0.1) is 0 Å². The normalized spacial score (nSPS) is 19.6. The van der Waals surface area contributed by atoms with Crippen molar-refractivity contribution >= 4 is 5.97 Å². The molecule has 2 rings (SSSR count). The lowest BCUT2D eigenvalue weighted by molar-refractivity contribution is -0.140. The smallest absolute Gasteiger partial charge is 0.303 e. The highest BCUT2D eigenvalue weighted by molar-refractivity contribution is 5.67. The molecule has 0 atom stereocenters. The molecule has 1 aliphatic rings. The van der Waals surface area contributed by atoms with E-state index in [1.54, 1.807) is 0 Å². The Labute approximate surface area is 108 Å². The van der Waals surface area contributed by atoms with Crippen LogP contribution in [0.15, 0.2) is 24.4 Å². The van der Waals surface area contributed by atoms with Crippen LogP contribution in [0.1, 0.15) is 31.9 Å². The van der Waals surface area contributed by atoms with Gasteiger partial charge in [-0.2, -0.15) is 0 Å². The third kappa shape index (κ3) is 3.53. The van der Waals surface area contributed by atoms with Gasteiger partial charge in [0.25, 0.3) is 0 Å². The fraction of sp³-hybridized carbons (Fsp3) is 0.571. The molecule has 0 radical (unpaired) electrons. The molecular weight excluding hydrogens is 228 g/mol. The molecule has 1 saturated heterocycles. The van der Waals surface area contributed by atoms with Gasteiger partial charge in [0.2, 0.25) is 0 Å². The van der Waals surface area contributed by atoms with E-state index in [1.165, 1.54) is 0 Å². The summed E-state index contributed by atoms with van der Waals surface area (Å²) >= 11 is 0. The molecule has 0 spiro atoms. The van der Waals surface area contributed by atoms with Gasteiger partial charge < -0.3 is 5.11 Å². The fourth-order valence-electron chi connectivity index (χ4n) is 2.51. The summed E-state index contributed by atoms with van der Waals surface area (Å²) in [6.07, 6.45) is 4.00. The molecule has 0 unspecified atom stereocenters. The maximum atomic E-state index is 10.8. The van der Waals surface area contributed by atoms with E-state index in [0.717, 1.165) is 38.2 Å². The summed E-state index contributed by atoms with van der Waals surface area (Å²) in [5, 5.41) is 8.91. The molecule has 1 aliphatic heterocycles. The van der Waals surface area contributed by atoms with E-state index in [2.05, 4.69) is 16.8 Å². The Bertz CT molecular complexity index is 398. The lowest BCUT2D eigenvalue weighted by Crippen LogP contribution is -2.39. The average Bonchev–Trinajstić information content (AvgIpc) is 2.33. The molecule has 1 fully saturated rings. The number of nitrogens with zero attached hydrogens (tertiary/aromatic N) is 2. The van der Waals surface area contributed by atoms with E-state index in [0.29, 0.717) is 0 Å². The first-order chi connectivity index (χ1) is 8.57. The molecule has 1 N–H and O–H groups in total. The summed E-state index contributed by atoms with van der Waals surface area (Å²) in [4.78, 5) is 17.5. The van der Waals surface area contributed by atoms with Gasteiger partial charge in [-0.25, -0.2) is 0 Å². The predicted octanol–water partition coefficient (Wildman–Crippen LogP) is 2.16. The van der Waals surface area contributed by atoms with Crippen LogP contribution >= 0.6 is 0 Å². The Morgan fingerprint density at radius 3 is 2.72 bits per heavy atom. The van der Waals surface area contributed by atoms with Gasteiger partial charge in [0, 0.05) is 12.7 Å². The van der Waals surface area contributed by atoms with Crippen LogP contribution in [0.3, 0.4) is 0 Å². The summed E-state index contributed by atoms with van der Waals surface area (Å²) in [7, 11) is 0. The standard InChI is InChI=1S/C14H20N2O2/c1-14(10-13(17)18)5-8-16(9-6-14)11-12-4-2-3-7-15-12/h2-4,7H,5-6,8-11H2,1H3,(H,17,18). The van der Waals surface area contributed by atoms with Crippen LogP contribution in [0.25, 0.3) is 0 Å². The second kappa shape index (κ2) is 5.48. The molecule has 0 amide bonds. The number of hydrogen-bond donors (Lipinski definition) is 1. The number of aliphatic carboxylic acids is 1. The Balaban J connectivity index is 1.85. The van der Waals surface area contributed by atoms with Gasteiger partial charge in [0.1, 0.15) is 0 Å². The van der Waals surface area contributed by atoms with Crippen LogP contribution in [-0.4, -0.2) is 34.0 Å². The summed E-state index contributed by atoms with van der Waals surface area (Å²) in [6, 6.07) is 5.95. The Morgan fingerprint density at radius 2 is 2.17 bits per heavy atom. The summed E-state index contributed by atoms with van der Waals surface area (Å²) in [6.45, 7) is 4.87. The first-order valence-electron chi connectivity index (χ1n) is 6.41. The third-order valence-electron chi connectivity index (χ3n) is 3.75. The van der Waals surface area contributed by atoms with Crippen molar-refractivity contribution < 1.29 is 9.90 Å². The van der Waals surface area contributed by atoms with Crippen LogP contribution in [0, 0.1) is 5.41 Å². The van der Waals surface area contributed by atoms with E-state index in [-0.39, 0.29) is 11.8 Å². The number of carboxylic acid groups (broad SMARTS) is 1. The van der Waals surface area contributed by atoms with E-state index in [9.17, 15) is 4.79 Å². The van der Waals surface area contributed by atoms with Crippen LogP contribution in [0.5, 0.6) is 0 Å². The lowest BCUT2D eigenvalue weighted by atomic mass is 9.77. The Kier molecular flexibility index (Phi) is 3.97. The van der Waals surface area contributed by atoms with E-state index in [1.807, 2.05) is 24.4 Å². The minimum Gasteiger partial charge on any atom is -0.481 e. The number of hydrogen-bond acceptors (Lipinski definition) is 3. The zero-order chi connectivity index (χ0) is 13.0. The highest BCUT2D eigenvalue weighted by atomic mass is 16.4. The molecule has 0 bridgehead atoms. The van der Waals surface area contributed by atoms with Gasteiger partial charge in [0.05, 0.1) is 12.1 Å². The minimum absolute atomic E-state index is 0.0353. The van der Waals surface area contributed by atoms with E-state index >= 15 is 0 Å². The molecule has 4 heteroatoms. The summed E-state index contributed by atoms with van der Waals surface area (Å²) in [5.41, 5.74) is 1.05. The average molecular weight is 248 g/mol. The second-order valence-electron chi connectivity index (χ2n) is 5.48. The van der Waals surface area contributed by atoms with Gasteiger partial charge in [-0.05, 0) is 43.5 Å². The molecule has 18 heavy (non-hydrogen) atoms. The molecule has 0 aliphatic carbocycles. The lowest BCUT2D eigenvalue weighted by Gasteiger charge is -2.38. The number of rotatable bonds is 4. The molecule has 2 heterocycles. The van der Waals surface area contributed by atoms with Crippen molar-refractivity contribution in [2.75, 3.05) is 13.1 Å². The first kappa shape index (κ1) is 13.0. The third-order valence-corrected chi connectivity index (χ3v) is 3.75. The molecule has 98 valence electrons. The molecule has 1 aromatic heterocycles. The Hall–Kier alpha value is -1.42. The quantitative estimate of drug-likeness (QED) is 0.887. The van der Waals surface area contributed by atoms with Gasteiger partial charge in [-0.3, -0.25) is 14.7 Å². The predicted molar refractivity (Wildman–Crippen MR) is 69.1 cm³/mol. The van der Waals surface area contributed by atoms with Gasteiger partial charge in [0.15, 0.2) is 0 Å². The first-order valence-corrected chi connectivity index (χ1v) is 6.41. The maximum absolute atomic E-state index is 10.8. The summed E-state index contributed by atoms with van der Waals surface area (Å²) in [5.74, 6) is -0.685. The van der Waals surface area contributed by atoms with Crippen LogP contribution in [-0.2, 0) is 11.3 Å². The molecule has 0 saturated carbocycles. The number of carbonyl (C=O) groups is 1. The molecule has 0 aromatic carbocycles. The number of likely N-dealkylation sites (tertiary alicyclic amines) is 1. The van der Waals surface area contributed by atoms with Crippen LogP contribution < -0.4 is 0 Å². The maximum Gasteiger partial charge on any atom is 0.303 e. The second-order valence-corrected chi connectivity index (χ2v) is 5.48. The van der Waals surface area contributed by atoms with Crippen molar-refractivity contribution in [2.45, 2.75) is 32.7 Å². The largest absolute Gasteiger partial charge is 0.481 e. The van der Waals surface area contributed by atoms with Crippen molar-refractivity contribution in [1.82, 2.24) is 9.88 Å². The number of carboxylic acids is 1. The SMILES string of the molecule is CC1(CC(=O)O)CCN(Cc2ccccn2)CC1. The minimum atomic E-state index is -0.685. The van der Waals surface area contributed by atoms with Gasteiger partial charge >= 0.3 is 5.97 Å². The van der Waals surface area contributed by atoms with Crippen LogP contribution in [0.4, 0.5) is 0 Å². The van der Waals surface area contributed by atoms with Crippen molar-refractivity contribution in [2.24, 2.45) is 5.41 Å². The molecular formula is C14H20N2O2. The fourth-order valence-corrected chi connectivity index (χ4v) is 2.51. The Morgan fingerprint density at radius 1 is 1.44 bits per heavy atom. The van der Waals surface area contributed by atoms with Crippen molar-refractivity contribution in [1.29, 1.82) is 0 Å². The number of pyridine rings is 1. The highest BCUT2D eigenvalue weighted by Gasteiger charge is 2.32. The zero-order valence-corrected chi connectivity index (χ0v) is 10.8. The van der Waals surface area contributed by atoms with Crippen LogP contribution in [0.2, 0.25) is 0 Å². The van der Waals surface area contributed by atoms with Gasteiger partial charge in [-0.1, -0.05) is 13.0 Å². The van der Waals surface area contributed by atoms with E-state index < -0.39 is 5.97 Å². The topological polar surface area (TPSA) is 53.4 Å². The molecule has 1 aromatic rings. The van der Waals surface area contributed by atoms with E-state index in [4.69, 9.17) is 5.11 Å². The zero-order valence-electron chi connectivity index (χ0n) is 10.8. The number of aromatic nitrogens is 1. The highest BCUT2D eigenvalue weighted by Crippen LogP contribution is 2.34. The summed E-state index contributed by atoms with van der Waals surface area (Å²) < 4.78 is 0. The molecule has 4 nitrogen and oxygen atoms in total. The number of piperidine rings is 1. The van der Waals surface area contributed by atoms with Crippen molar-refractivity contribution in [3.05, 3.63) is 30.1 Å². The van der Waals surface area contributed by atoms with Crippen molar-refractivity contribution in [3.8, 4) is 0 Å².